The molecule has 44 valence electrons. The molecule has 0 heterocycles. The van der Waals surface area contributed by atoms with E-state index in [0.29, 0.717) is 5.57 Å². The Bertz CT molecular complexity index is 135. The molecule has 0 aromatic rings. The number of hydrogen-bond donors (Lipinski definition) is 1. The van der Waals surface area contributed by atoms with Crippen molar-refractivity contribution in [3.63, 3.8) is 0 Å². The van der Waals surface area contributed by atoms with Gasteiger partial charge in [-0.2, -0.15) is 0 Å². The molecule has 1 N–H and O–H groups in total. The van der Waals surface area contributed by atoms with Crippen LogP contribution in [0, 0.1) is 5.41 Å². The molecule has 0 aromatic heterocycles. The van der Waals surface area contributed by atoms with E-state index < -0.39 is 5.24 Å². The quantitative estimate of drug-likeness (QED) is 0.446. The van der Waals surface area contributed by atoms with E-state index in [4.69, 9.17) is 17.0 Å². The van der Waals surface area contributed by atoms with Crippen LogP contribution in [0.4, 0.5) is 0 Å². The second-order valence-corrected chi connectivity index (χ2v) is 1.77. The molecule has 0 aliphatic rings. The minimum Gasteiger partial charge on any atom is -0.296 e. The molecule has 0 bridgehead atoms. The van der Waals surface area contributed by atoms with Crippen LogP contribution in [0.3, 0.4) is 0 Å². The first-order chi connectivity index (χ1) is 3.55. The van der Waals surface area contributed by atoms with E-state index in [1.165, 1.54) is 0 Å². The maximum Gasteiger partial charge on any atom is 0.270 e. The van der Waals surface area contributed by atoms with Crippen molar-refractivity contribution in [2.24, 2.45) is 0 Å². The van der Waals surface area contributed by atoms with Gasteiger partial charge in [-0.1, -0.05) is 6.58 Å². The van der Waals surface area contributed by atoms with Crippen molar-refractivity contribution in [3.05, 3.63) is 12.2 Å². The second-order valence-electron chi connectivity index (χ2n) is 1.43. The van der Waals surface area contributed by atoms with Gasteiger partial charge >= 0.3 is 0 Å². The fourth-order valence-electron chi connectivity index (χ4n) is 0.168. The molecule has 0 radical (unpaired) electrons. The van der Waals surface area contributed by atoms with E-state index in [1.54, 1.807) is 6.92 Å². The molecule has 0 unspecified atom stereocenters. The number of carbonyl (C=O) groups is 1. The van der Waals surface area contributed by atoms with Crippen LogP contribution >= 0.6 is 11.6 Å². The standard InChI is InChI=1S/C5H6ClNO/c1-3(2)4(7)5(6)8/h7H,1H2,2H3. The molecule has 0 saturated carbocycles. The van der Waals surface area contributed by atoms with Gasteiger partial charge in [0.2, 0.25) is 0 Å². The van der Waals surface area contributed by atoms with Crippen molar-refractivity contribution in [1.29, 1.82) is 5.41 Å². The lowest BCUT2D eigenvalue weighted by atomic mass is 10.2. The van der Waals surface area contributed by atoms with Gasteiger partial charge in [-0.25, -0.2) is 0 Å². The first-order valence-electron chi connectivity index (χ1n) is 2.00. The summed E-state index contributed by atoms with van der Waals surface area (Å²) < 4.78 is 0. The maximum absolute atomic E-state index is 10.1. The molecule has 0 saturated heterocycles. The summed E-state index contributed by atoms with van der Waals surface area (Å²) in [5, 5.41) is 6.06. The summed E-state index contributed by atoms with van der Waals surface area (Å²) >= 11 is 4.90. The fourth-order valence-corrected chi connectivity index (χ4v) is 0.329. The monoisotopic (exact) mass is 131 g/mol. The van der Waals surface area contributed by atoms with Crippen LogP contribution in [0.1, 0.15) is 6.92 Å². The summed E-state index contributed by atoms with van der Waals surface area (Å²) in [5.74, 6) is 0. The second kappa shape index (κ2) is 2.62. The fraction of sp³-hybridized carbons (Fsp3) is 0.200. The SMILES string of the molecule is C=C(C)C(=N)C(=O)Cl. The minimum absolute atomic E-state index is 0.216. The van der Waals surface area contributed by atoms with Crippen molar-refractivity contribution in [2.75, 3.05) is 0 Å². The van der Waals surface area contributed by atoms with Crippen LogP contribution in [0.5, 0.6) is 0 Å². The van der Waals surface area contributed by atoms with E-state index in [9.17, 15) is 4.79 Å². The molecule has 0 aliphatic heterocycles. The van der Waals surface area contributed by atoms with Gasteiger partial charge < -0.3 is 0 Å². The lowest BCUT2D eigenvalue weighted by Gasteiger charge is -1.90. The van der Waals surface area contributed by atoms with Gasteiger partial charge in [0.1, 0.15) is 5.71 Å². The Morgan fingerprint density at radius 1 is 1.75 bits per heavy atom. The van der Waals surface area contributed by atoms with Crippen LogP contribution in [0.25, 0.3) is 0 Å². The Hall–Kier alpha value is -0.630. The summed E-state index contributed by atoms with van der Waals surface area (Å²) in [6, 6.07) is 0. The highest BCUT2D eigenvalue weighted by molar-refractivity contribution is 6.83. The molecule has 0 aromatic carbocycles. The minimum atomic E-state index is -0.752. The molecule has 0 aliphatic carbocycles. The van der Waals surface area contributed by atoms with Crippen LogP contribution < -0.4 is 0 Å². The van der Waals surface area contributed by atoms with Gasteiger partial charge in [0.05, 0.1) is 0 Å². The number of hydrogen-bond acceptors (Lipinski definition) is 2. The lowest BCUT2D eigenvalue weighted by molar-refractivity contribution is -0.106. The molecule has 0 rings (SSSR count). The third-order valence-corrected chi connectivity index (χ3v) is 0.812. The number of rotatable bonds is 2. The molecule has 0 amide bonds. The van der Waals surface area contributed by atoms with E-state index in [1.807, 2.05) is 0 Å². The van der Waals surface area contributed by atoms with E-state index in [2.05, 4.69) is 6.58 Å². The predicted molar refractivity (Wildman–Crippen MR) is 33.4 cm³/mol. The van der Waals surface area contributed by atoms with E-state index >= 15 is 0 Å². The molecule has 3 heteroatoms. The third kappa shape index (κ3) is 1.89. The van der Waals surface area contributed by atoms with Gasteiger partial charge in [0.25, 0.3) is 5.24 Å². The Morgan fingerprint density at radius 2 is 2.12 bits per heavy atom. The van der Waals surface area contributed by atoms with E-state index in [0.717, 1.165) is 0 Å². The zero-order valence-corrected chi connectivity index (χ0v) is 5.25. The Labute approximate surface area is 52.7 Å². The topological polar surface area (TPSA) is 40.9 Å². The zero-order valence-electron chi connectivity index (χ0n) is 4.49. The number of halogens is 1. The Kier molecular flexibility index (Phi) is 2.42. The van der Waals surface area contributed by atoms with Gasteiger partial charge in [-0.15, -0.1) is 0 Å². The normalized spacial score (nSPS) is 8.25. The van der Waals surface area contributed by atoms with Crippen LogP contribution in [-0.4, -0.2) is 11.0 Å². The van der Waals surface area contributed by atoms with Gasteiger partial charge in [-0.05, 0) is 24.1 Å². The predicted octanol–water partition coefficient (Wildman–Crippen LogP) is 1.35. The average molecular weight is 132 g/mol. The average Bonchev–Trinajstić information content (AvgIpc) is 1.64. The van der Waals surface area contributed by atoms with Crippen molar-refractivity contribution in [3.8, 4) is 0 Å². The first kappa shape index (κ1) is 7.37. The van der Waals surface area contributed by atoms with Gasteiger partial charge in [-0.3, -0.25) is 10.2 Å². The van der Waals surface area contributed by atoms with Crippen LogP contribution in [-0.2, 0) is 4.79 Å². The summed E-state index contributed by atoms with van der Waals surface area (Å²) in [5.41, 5.74) is 0.177. The number of nitrogens with one attached hydrogen (secondary N) is 1. The maximum atomic E-state index is 10.1. The molecule has 0 spiro atoms. The van der Waals surface area contributed by atoms with Gasteiger partial charge in [0, 0.05) is 0 Å². The molecule has 8 heavy (non-hydrogen) atoms. The number of allylic oxidation sites excluding steroid dienone is 1. The third-order valence-electron chi connectivity index (χ3n) is 0.623. The summed E-state index contributed by atoms with van der Waals surface area (Å²) in [6.45, 7) is 4.90. The summed E-state index contributed by atoms with van der Waals surface area (Å²) in [7, 11) is 0. The molecular weight excluding hydrogens is 126 g/mol. The zero-order chi connectivity index (χ0) is 6.73. The van der Waals surface area contributed by atoms with Crippen molar-refractivity contribution >= 4 is 22.6 Å². The van der Waals surface area contributed by atoms with Crippen molar-refractivity contribution < 1.29 is 4.79 Å². The Morgan fingerprint density at radius 3 is 2.12 bits per heavy atom. The first-order valence-corrected chi connectivity index (χ1v) is 2.37. The summed E-state index contributed by atoms with van der Waals surface area (Å²) in [6.07, 6.45) is 0. The smallest absolute Gasteiger partial charge is 0.270 e. The highest BCUT2D eigenvalue weighted by Crippen LogP contribution is 1.93. The van der Waals surface area contributed by atoms with E-state index in [-0.39, 0.29) is 5.71 Å². The summed E-state index contributed by atoms with van der Waals surface area (Å²) in [4.78, 5) is 10.1. The molecule has 2 nitrogen and oxygen atoms in total. The van der Waals surface area contributed by atoms with Crippen molar-refractivity contribution in [1.82, 2.24) is 0 Å². The molecule has 0 fully saturated rings. The Balaban J connectivity index is 4.05. The lowest BCUT2D eigenvalue weighted by Crippen LogP contribution is -2.05. The highest BCUT2D eigenvalue weighted by atomic mass is 35.5. The molecular formula is C5H6ClNO. The van der Waals surface area contributed by atoms with Gasteiger partial charge in [0.15, 0.2) is 0 Å². The van der Waals surface area contributed by atoms with Crippen molar-refractivity contribution in [2.45, 2.75) is 6.92 Å². The largest absolute Gasteiger partial charge is 0.296 e. The van der Waals surface area contributed by atoms with Crippen LogP contribution in [0.15, 0.2) is 12.2 Å². The number of carbonyl (C=O) groups excluding carboxylic acids is 1. The van der Waals surface area contributed by atoms with Crippen LogP contribution in [0.2, 0.25) is 0 Å². The molecule has 0 atom stereocenters. The highest BCUT2D eigenvalue weighted by Gasteiger charge is 2.03.